The molecule has 0 N–H and O–H groups in total. The SMILES string of the molecule is C=CCN(CC=C)C(=O)C(=O)N1CC(C)OC(C)C1. The molecule has 2 amide bonds. The van der Waals surface area contributed by atoms with Gasteiger partial charge in [0.2, 0.25) is 0 Å². The third kappa shape index (κ3) is 4.21. The molecule has 1 saturated heterocycles. The highest BCUT2D eigenvalue weighted by Gasteiger charge is 2.31. The van der Waals surface area contributed by atoms with Crippen molar-refractivity contribution in [2.24, 2.45) is 0 Å². The molecule has 0 bridgehead atoms. The van der Waals surface area contributed by atoms with Crippen molar-refractivity contribution in [1.82, 2.24) is 9.80 Å². The Kier molecular flexibility index (Phi) is 5.76. The summed E-state index contributed by atoms with van der Waals surface area (Å²) < 4.78 is 5.55. The quantitative estimate of drug-likeness (QED) is 0.559. The number of hydrogen-bond acceptors (Lipinski definition) is 3. The number of carbonyl (C=O) groups is 2. The molecule has 0 aliphatic carbocycles. The standard InChI is InChI=1S/C14H22N2O3/c1-5-7-15(8-6-2)13(17)14(18)16-9-11(3)19-12(4)10-16/h5-6,11-12H,1-2,7-10H2,3-4H3. The van der Waals surface area contributed by atoms with E-state index in [1.54, 1.807) is 17.1 Å². The van der Waals surface area contributed by atoms with Crippen LogP contribution >= 0.6 is 0 Å². The molecule has 19 heavy (non-hydrogen) atoms. The van der Waals surface area contributed by atoms with Crippen molar-refractivity contribution in [3.05, 3.63) is 25.3 Å². The van der Waals surface area contributed by atoms with Gasteiger partial charge in [-0.3, -0.25) is 9.59 Å². The molecule has 1 heterocycles. The van der Waals surface area contributed by atoms with E-state index in [2.05, 4.69) is 13.2 Å². The topological polar surface area (TPSA) is 49.9 Å². The zero-order chi connectivity index (χ0) is 14.4. The molecule has 5 heteroatoms. The first kappa shape index (κ1) is 15.4. The number of hydrogen-bond donors (Lipinski definition) is 0. The molecule has 106 valence electrons. The predicted octanol–water partition coefficient (Wildman–Crippen LogP) is 0.823. The summed E-state index contributed by atoms with van der Waals surface area (Å²) in [5.74, 6) is -0.994. The Hall–Kier alpha value is -1.62. The van der Waals surface area contributed by atoms with Crippen LogP contribution in [0.2, 0.25) is 0 Å². The summed E-state index contributed by atoms with van der Waals surface area (Å²) in [5.41, 5.74) is 0. The van der Waals surface area contributed by atoms with Gasteiger partial charge in [0, 0.05) is 26.2 Å². The van der Waals surface area contributed by atoms with Gasteiger partial charge in [0.05, 0.1) is 12.2 Å². The smallest absolute Gasteiger partial charge is 0.312 e. The van der Waals surface area contributed by atoms with Gasteiger partial charge in [0.15, 0.2) is 0 Å². The van der Waals surface area contributed by atoms with E-state index in [0.717, 1.165) is 0 Å². The van der Waals surface area contributed by atoms with Gasteiger partial charge in [-0.15, -0.1) is 13.2 Å². The highest BCUT2D eigenvalue weighted by Crippen LogP contribution is 2.11. The molecule has 2 unspecified atom stereocenters. The molecule has 0 aromatic rings. The molecule has 1 fully saturated rings. The van der Waals surface area contributed by atoms with E-state index in [9.17, 15) is 9.59 Å². The normalized spacial score (nSPS) is 22.7. The van der Waals surface area contributed by atoms with Crippen LogP contribution in [0.25, 0.3) is 0 Å². The van der Waals surface area contributed by atoms with Crippen molar-refractivity contribution in [3.63, 3.8) is 0 Å². The Morgan fingerprint density at radius 2 is 1.68 bits per heavy atom. The zero-order valence-electron chi connectivity index (χ0n) is 11.7. The van der Waals surface area contributed by atoms with Gasteiger partial charge in [-0.2, -0.15) is 0 Å². The summed E-state index contributed by atoms with van der Waals surface area (Å²) in [6.45, 7) is 12.5. The monoisotopic (exact) mass is 266 g/mol. The van der Waals surface area contributed by atoms with Crippen LogP contribution in [0.5, 0.6) is 0 Å². The molecule has 2 atom stereocenters. The van der Waals surface area contributed by atoms with Gasteiger partial charge in [0.25, 0.3) is 0 Å². The lowest BCUT2D eigenvalue weighted by molar-refractivity contribution is -0.157. The fourth-order valence-corrected chi connectivity index (χ4v) is 2.17. The number of ether oxygens (including phenoxy) is 1. The third-order valence-electron chi connectivity index (χ3n) is 2.88. The van der Waals surface area contributed by atoms with Crippen molar-refractivity contribution in [3.8, 4) is 0 Å². The van der Waals surface area contributed by atoms with Gasteiger partial charge >= 0.3 is 11.8 Å². The molecule has 5 nitrogen and oxygen atoms in total. The Bertz CT molecular complexity index is 348. The predicted molar refractivity (Wildman–Crippen MR) is 73.6 cm³/mol. The molecule has 0 radical (unpaired) electrons. The molecule has 1 aliphatic heterocycles. The van der Waals surface area contributed by atoms with Gasteiger partial charge in [-0.05, 0) is 13.8 Å². The summed E-state index contributed by atoms with van der Waals surface area (Å²) >= 11 is 0. The average molecular weight is 266 g/mol. The van der Waals surface area contributed by atoms with Crippen molar-refractivity contribution < 1.29 is 14.3 Å². The summed E-state index contributed by atoms with van der Waals surface area (Å²) in [6, 6.07) is 0. The van der Waals surface area contributed by atoms with Gasteiger partial charge in [0.1, 0.15) is 0 Å². The summed E-state index contributed by atoms with van der Waals surface area (Å²) in [4.78, 5) is 27.3. The average Bonchev–Trinajstić information content (AvgIpc) is 2.35. The maximum Gasteiger partial charge on any atom is 0.312 e. The zero-order valence-corrected chi connectivity index (χ0v) is 11.7. The molecular formula is C14H22N2O3. The Balaban J connectivity index is 2.71. The van der Waals surface area contributed by atoms with Crippen LogP contribution in [0.1, 0.15) is 13.8 Å². The molecule has 0 aromatic carbocycles. The lowest BCUT2D eigenvalue weighted by atomic mass is 10.2. The van der Waals surface area contributed by atoms with Crippen molar-refractivity contribution >= 4 is 11.8 Å². The Labute approximate surface area is 114 Å². The number of amides is 2. The fraction of sp³-hybridized carbons (Fsp3) is 0.571. The van der Waals surface area contributed by atoms with E-state index in [1.165, 1.54) is 4.90 Å². The maximum atomic E-state index is 12.2. The van der Waals surface area contributed by atoms with Crippen molar-refractivity contribution in [2.45, 2.75) is 26.1 Å². The van der Waals surface area contributed by atoms with E-state index in [1.807, 2.05) is 13.8 Å². The van der Waals surface area contributed by atoms with Crippen LogP contribution in [-0.4, -0.2) is 60.0 Å². The van der Waals surface area contributed by atoms with Crippen LogP contribution in [-0.2, 0) is 14.3 Å². The van der Waals surface area contributed by atoms with E-state index >= 15 is 0 Å². The third-order valence-corrected chi connectivity index (χ3v) is 2.88. The maximum absolute atomic E-state index is 12.2. The second kappa shape index (κ2) is 7.09. The number of morpholine rings is 1. The van der Waals surface area contributed by atoms with Crippen LogP contribution in [0.3, 0.4) is 0 Å². The Morgan fingerprint density at radius 1 is 1.21 bits per heavy atom. The van der Waals surface area contributed by atoms with Crippen LogP contribution in [0.4, 0.5) is 0 Å². The highest BCUT2D eigenvalue weighted by molar-refractivity contribution is 6.35. The highest BCUT2D eigenvalue weighted by atomic mass is 16.5. The second-order valence-electron chi connectivity index (χ2n) is 4.75. The minimum absolute atomic E-state index is 0.0484. The molecule has 0 spiro atoms. The molecule has 0 aromatic heterocycles. The number of rotatable bonds is 4. The molecule has 0 saturated carbocycles. The molecular weight excluding hydrogens is 244 g/mol. The molecule has 1 rings (SSSR count). The summed E-state index contributed by atoms with van der Waals surface area (Å²) in [7, 11) is 0. The van der Waals surface area contributed by atoms with Gasteiger partial charge in [-0.25, -0.2) is 0 Å². The van der Waals surface area contributed by atoms with E-state index < -0.39 is 11.8 Å². The van der Waals surface area contributed by atoms with Gasteiger partial charge in [-0.1, -0.05) is 12.2 Å². The first-order chi connectivity index (χ1) is 8.99. The second-order valence-corrected chi connectivity index (χ2v) is 4.75. The fourth-order valence-electron chi connectivity index (χ4n) is 2.17. The minimum atomic E-state index is -0.513. The Morgan fingerprint density at radius 3 is 2.11 bits per heavy atom. The summed E-state index contributed by atoms with van der Waals surface area (Å²) in [5, 5.41) is 0. The van der Waals surface area contributed by atoms with Crippen LogP contribution in [0.15, 0.2) is 25.3 Å². The number of nitrogens with zero attached hydrogens (tertiary/aromatic N) is 2. The van der Waals surface area contributed by atoms with Crippen molar-refractivity contribution in [2.75, 3.05) is 26.2 Å². The minimum Gasteiger partial charge on any atom is -0.372 e. The first-order valence-corrected chi connectivity index (χ1v) is 6.45. The van der Waals surface area contributed by atoms with E-state index in [-0.39, 0.29) is 12.2 Å². The summed E-state index contributed by atoms with van der Waals surface area (Å²) in [6.07, 6.45) is 3.10. The van der Waals surface area contributed by atoms with Crippen LogP contribution in [0, 0.1) is 0 Å². The van der Waals surface area contributed by atoms with E-state index in [0.29, 0.717) is 26.2 Å². The lowest BCUT2D eigenvalue weighted by Gasteiger charge is -2.35. The molecule has 1 aliphatic rings. The largest absolute Gasteiger partial charge is 0.372 e. The number of carbonyl (C=O) groups excluding carboxylic acids is 2. The van der Waals surface area contributed by atoms with E-state index in [4.69, 9.17) is 4.74 Å². The van der Waals surface area contributed by atoms with Crippen LogP contribution < -0.4 is 0 Å². The first-order valence-electron chi connectivity index (χ1n) is 6.45. The van der Waals surface area contributed by atoms with Gasteiger partial charge < -0.3 is 14.5 Å². The lowest BCUT2D eigenvalue weighted by Crippen LogP contribution is -2.53. The van der Waals surface area contributed by atoms with Crippen molar-refractivity contribution in [1.29, 1.82) is 0 Å².